The van der Waals surface area contributed by atoms with Crippen molar-refractivity contribution in [3.05, 3.63) is 64.7 Å². The second-order valence-electron chi connectivity index (χ2n) is 5.48. The van der Waals surface area contributed by atoms with Crippen molar-refractivity contribution >= 4 is 34.6 Å². The lowest BCUT2D eigenvalue weighted by atomic mass is 9.98. The molecule has 1 saturated heterocycles. The third kappa shape index (κ3) is 2.70. The molecule has 3 nitrogen and oxygen atoms in total. The third-order valence-corrected chi connectivity index (χ3v) is 4.52. The van der Waals surface area contributed by atoms with Gasteiger partial charge in [0.1, 0.15) is 5.66 Å². The predicted octanol–water partition coefficient (Wildman–Crippen LogP) is 4.11. The summed E-state index contributed by atoms with van der Waals surface area (Å²) in [4.78, 5) is 0. The second kappa shape index (κ2) is 5.88. The van der Waals surface area contributed by atoms with Gasteiger partial charge in [-0.3, -0.25) is 0 Å². The molecule has 0 amide bonds. The maximum absolute atomic E-state index is 6.00. The predicted molar refractivity (Wildman–Crippen MR) is 95.9 cm³/mol. The van der Waals surface area contributed by atoms with Gasteiger partial charge in [-0.05, 0) is 55.4 Å². The molecular weight excluding hydrogens is 314 g/mol. The average molecular weight is 332 g/mol. The molecule has 5 heteroatoms. The van der Waals surface area contributed by atoms with Gasteiger partial charge in [-0.25, -0.2) is 5.01 Å². The van der Waals surface area contributed by atoms with Gasteiger partial charge < -0.3 is 5.32 Å². The Labute approximate surface area is 141 Å². The van der Waals surface area contributed by atoms with Gasteiger partial charge in [-0.1, -0.05) is 48.4 Å². The Balaban J connectivity index is 1.94. The summed E-state index contributed by atoms with van der Waals surface area (Å²) in [5, 5.41) is 6.74. The largest absolute Gasteiger partial charge is 0.338 e. The fraction of sp³-hybridized carbons (Fsp3) is 0.235. The van der Waals surface area contributed by atoms with E-state index < -0.39 is 5.66 Å². The van der Waals surface area contributed by atoms with Crippen LogP contribution < -0.4 is 15.8 Å². The summed E-state index contributed by atoms with van der Waals surface area (Å²) < 4.78 is 0. The van der Waals surface area contributed by atoms with Crippen molar-refractivity contribution in [3.63, 3.8) is 0 Å². The standard InChI is InChI=1S/C17H18ClN3S/c1-3-17(13-6-8-14(18)9-7-13)19-16(22)21(20-17)15-10-4-12(2)5-11-15/h4-11,20H,3H2,1-2H3,(H,19,22)/t17-/m1/s1. The summed E-state index contributed by atoms with van der Waals surface area (Å²) in [6.45, 7) is 4.19. The first-order chi connectivity index (χ1) is 10.5. The maximum Gasteiger partial charge on any atom is 0.190 e. The number of benzene rings is 2. The zero-order valence-corrected chi connectivity index (χ0v) is 14.1. The van der Waals surface area contributed by atoms with Crippen LogP contribution in [0.15, 0.2) is 48.5 Å². The molecule has 0 aromatic heterocycles. The summed E-state index contributed by atoms with van der Waals surface area (Å²) in [6.07, 6.45) is 0.844. The highest BCUT2D eigenvalue weighted by atomic mass is 35.5. The van der Waals surface area contributed by atoms with Gasteiger partial charge in [0, 0.05) is 5.02 Å². The van der Waals surface area contributed by atoms with E-state index in [9.17, 15) is 0 Å². The van der Waals surface area contributed by atoms with E-state index >= 15 is 0 Å². The molecule has 1 atom stereocenters. The van der Waals surface area contributed by atoms with E-state index in [0.29, 0.717) is 5.11 Å². The van der Waals surface area contributed by atoms with E-state index in [4.69, 9.17) is 23.8 Å². The summed E-state index contributed by atoms with van der Waals surface area (Å²) >= 11 is 11.5. The zero-order chi connectivity index (χ0) is 15.7. The van der Waals surface area contributed by atoms with Gasteiger partial charge in [0.25, 0.3) is 0 Å². The van der Waals surface area contributed by atoms with Crippen molar-refractivity contribution < 1.29 is 0 Å². The highest BCUT2D eigenvalue weighted by Crippen LogP contribution is 2.30. The van der Waals surface area contributed by atoms with Gasteiger partial charge in [0.2, 0.25) is 0 Å². The van der Waals surface area contributed by atoms with Crippen LogP contribution in [-0.2, 0) is 5.66 Å². The molecule has 1 aliphatic heterocycles. The summed E-state index contributed by atoms with van der Waals surface area (Å²) in [5.74, 6) is 0. The number of nitrogens with one attached hydrogen (secondary N) is 2. The van der Waals surface area contributed by atoms with E-state index in [0.717, 1.165) is 22.7 Å². The molecule has 0 saturated carbocycles. The minimum atomic E-state index is -0.410. The van der Waals surface area contributed by atoms with Crippen LogP contribution in [0.2, 0.25) is 5.02 Å². The molecule has 0 aliphatic carbocycles. The topological polar surface area (TPSA) is 27.3 Å². The molecular formula is C17H18ClN3S. The number of aryl methyl sites for hydroxylation is 1. The van der Waals surface area contributed by atoms with Gasteiger partial charge >= 0.3 is 0 Å². The molecule has 2 aromatic rings. The van der Waals surface area contributed by atoms with Gasteiger partial charge in [-0.2, -0.15) is 5.43 Å². The summed E-state index contributed by atoms with van der Waals surface area (Å²) in [7, 11) is 0. The number of halogens is 1. The van der Waals surface area contributed by atoms with Gasteiger partial charge in [0.15, 0.2) is 5.11 Å². The van der Waals surface area contributed by atoms with E-state index in [1.165, 1.54) is 5.56 Å². The molecule has 0 unspecified atom stereocenters. The van der Waals surface area contributed by atoms with Crippen molar-refractivity contribution in [1.82, 2.24) is 10.7 Å². The first kappa shape index (κ1) is 15.3. The first-order valence-electron chi connectivity index (χ1n) is 7.27. The van der Waals surface area contributed by atoms with Crippen LogP contribution >= 0.6 is 23.8 Å². The van der Waals surface area contributed by atoms with Crippen LogP contribution in [0.3, 0.4) is 0 Å². The second-order valence-corrected chi connectivity index (χ2v) is 6.30. The Morgan fingerprint density at radius 3 is 2.32 bits per heavy atom. The summed E-state index contributed by atoms with van der Waals surface area (Å²) in [6, 6.07) is 16.1. The fourth-order valence-corrected chi connectivity index (χ4v) is 3.08. The van der Waals surface area contributed by atoms with Crippen LogP contribution in [0.1, 0.15) is 24.5 Å². The van der Waals surface area contributed by atoms with Crippen molar-refractivity contribution in [2.24, 2.45) is 0 Å². The van der Waals surface area contributed by atoms with E-state index in [2.05, 4.69) is 48.9 Å². The smallest absolute Gasteiger partial charge is 0.190 e. The molecule has 1 fully saturated rings. The normalized spacial score (nSPS) is 21.0. The van der Waals surface area contributed by atoms with Crippen LogP contribution in [0.4, 0.5) is 5.69 Å². The number of rotatable bonds is 3. The third-order valence-electron chi connectivity index (χ3n) is 3.99. The maximum atomic E-state index is 6.00. The van der Waals surface area contributed by atoms with E-state index in [1.54, 1.807) is 0 Å². The van der Waals surface area contributed by atoms with Crippen molar-refractivity contribution in [2.75, 3.05) is 5.01 Å². The minimum absolute atomic E-state index is 0.410. The molecule has 0 bridgehead atoms. The number of anilines is 1. The number of hydrazine groups is 1. The van der Waals surface area contributed by atoms with E-state index in [-0.39, 0.29) is 0 Å². The molecule has 2 aromatic carbocycles. The Hall–Kier alpha value is -1.62. The van der Waals surface area contributed by atoms with Crippen molar-refractivity contribution in [2.45, 2.75) is 25.9 Å². The van der Waals surface area contributed by atoms with Crippen LogP contribution in [0, 0.1) is 6.92 Å². The number of thiocarbonyl (C=S) groups is 1. The fourth-order valence-electron chi connectivity index (χ4n) is 2.63. The van der Waals surface area contributed by atoms with Gasteiger partial charge in [0.05, 0.1) is 5.69 Å². The molecule has 2 N–H and O–H groups in total. The number of hydrogen-bond acceptors (Lipinski definition) is 2. The first-order valence-corrected chi connectivity index (χ1v) is 8.05. The Bertz CT molecular complexity index is 684. The number of nitrogens with zero attached hydrogens (tertiary/aromatic N) is 1. The monoisotopic (exact) mass is 331 g/mol. The average Bonchev–Trinajstić information content (AvgIpc) is 2.87. The number of hydrogen-bond donors (Lipinski definition) is 2. The highest BCUT2D eigenvalue weighted by molar-refractivity contribution is 7.80. The molecule has 114 valence electrons. The van der Waals surface area contributed by atoms with E-state index in [1.807, 2.05) is 29.3 Å². The lowest BCUT2D eigenvalue weighted by Gasteiger charge is -2.29. The molecule has 0 spiro atoms. The molecule has 22 heavy (non-hydrogen) atoms. The van der Waals surface area contributed by atoms with Crippen molar-refractivity contribution in [1.29, 1.82) is 0 Å². The quantitative estimate of drug-likeness (QED) is 0.828. The lowest BCUT2D eigenvalue weighted by molar-refractivity contribution is 0.337. The molecule has 0 radical (unpaired) electrons. The highest BCUT2D eigenvalue weighted by Gasteiger charge is 2.40. The van der Waals surface area contributed by atoms with Crippen molar-refractivity contribution in [3.8, 4) is 0 Å². The summed E-state index contributed by atoms with van der Waals surface area (Å²) in [5.41, 5.74) is 6.46. The molecule has 3 rings (SSSR count). The van der Waals surface area contributed by atoms with Gasteiger partial charge in [-0.15, -0.1) is 0 Å². The Morgan fingerprint density at radius 1 is 1.09 bits per heavy atom. The van der Waals surface area contributed by atoms with Crippen LogP contribution in [0.5, 0.6) is 0 Å². The molecule has 1 aliphatic rings. The SMILES string of the molecule is CC[C@@]1(c2ccc(Cl)cc2)NC(=S)N(c2ccc(C)cc2)N1. The molecule has 1 heterocycles. The zero-order valence-electron chi connectivity index (χ0n) is 12.6. The Kier molecular flexibility index (Phi) is 4.08. The minimum Gasteiger partial charge on any atom is -0.338 e. The van der Waals surface area contributed by atoms with Crippen LogP contribution in [-0.4, -0.2) is 5.11 Å². The van der Waals surface area contributed by atoms with Crippen LogP contribution in [0.25, 0.3) is 0 Å². The lowest BCUT2D eigenvalue weighted by Crippen LogP contribution is -2.47. The Morgan fingerprint density at radius 2 is 1.73 bits per heavy atom.